The minimum atomic E-state index is -0.544. The minimum absolute atomic E-state index is 0.0667. The van der Waals surface area contributed by atoms with E-state index in [0.717, 1.165) is 23.2 Å². The summed E-state index contributed by atoms with van der Waals surface area (Å²) < 4.78 is 5.57. The van der Waals surface area contributed by atoms with Gasteiger partial charge in [0.25, 0.3) is 0 Å². The fourth-order valence-corrected chi connectivity index (χ4v) is 5.08. The summed E-state index contributed by atoms with van der Waals surface area (Å²) >= 11 is 6.20. The van der Waals surface area contributed by atoms with Crippen LogP contribution in [0, 0.1) is 5.41 Å². The Kier molecular flexibility index (Phi) is 3.38. The van der Waals surface area contributed by atoms with Gasteiger partial charge in [0.1, 0.15) is 11.4 Å². The molecule has 3 aliphatic rings. The van der Waals surface area contributed by atoms with Crippen LogP contribution < -0.4 is 4.90 Å². The Hall–Kier alpha value is -1.55. The summed E-state index contributed by atoms with van der Waals surface area (Å²) in [5.41, 5.74) is 1.96. The lowest BCUT2D eigenvalue weighted by molar-refractivity contribution is -0.123. The smallest absolute Gasteiger partial charge is 0.414 e. The largest absolute Gasteiger partial charge is 0.443 e. The Morgan fingerprint density at radius 3 is 2.72 bits per heavy atom. The highest BCUT2D eigenvalue weighted by Gasteiger charge is 2.71. The van der Waals surface area contributed by atoms with Gasteiger partial charge in [0.05, 0.1) is 11.1 Å². The number of nitrogens with zero attached hydrogens (tertiary/aromatic N) is 1. The van der Waals surface area contributed by atoms with E-state index in [9.17, 15) is 9.59 Å². The number of Topliss-reactive ketones (excluding diaryl/α,β-unsaturated/α-hetero) is 1. The van der Waals surface area contributed by atoms with Gasteiger partial charge in [-0.1, -0.05) is 19.1 Å². The average Bonchev–Trinajstić information content (AvgIpc) is 2.98. The van der Waals surface area contributed by atoms with Crippen LogP contribution in [-0.2, 0) is 14.9 Å². The molecule has 0 N–H and O–H groups in total. The number of ether oxygens (including phenoxy) is 1. The van der Waals surface area contributed by atoms with Crippen molar-refractivity contribution >= 4 is 29.2 Å². The maximum Gasteiger partial charge on any atom is 0.414 e. The average molecular weight is 362 g/mol. The lowest BCUT2D eigenvalue weighted by Crippen LogP contribution is -2.37. The van der Waals surface area contributed by atoms with Crippen molar-refractivity contribution in [1.29, 1.82) is 0 Å². The number of ketones is 1. The first-order valence-electron chi connectivity index (χ1n) is 8.86. The van der Waals surface area contributed by atoms with Gasteiger partial charge in [-0.25, -0.2) is 4.79 Å². The maximum atomic E-state index is 13.0. The highest BCUT2D eigenvalue weighted by molar-refractivity contribution is 6.19. The molecule has 5 heteroatoms. The molecule has 4 nitrogen and oxygen atoms in total. The predicted octanol–water partition coefficient (Wildman–Crippen LogP) is 4.38. The standard InChI is InChI=1S/C20H24ClNO3/c1-18(2,3)25-17(24)22-9-12-8-15(23)20(10-19(20,4)11-21)13-6-5-7-14(22)16(12)13/h5-7,12H,8-11H2,1-4H3/t12-,19-,20-/m0/s1. The zero-order valence-electron chi connectivity index (χ0n) is 15.2. The lowest BCUT2D eigenvalue weighted by atomic mass is 9.71. The normalized spacial score (nSPS) is 32.8. The molecule has 1 heterocycles. The van der Waals surface area contributed by atoms with Gasteiger partial charge in [-0.3, -0.25) is 9.69 Å². The van der Waals surface area contributed by atoms with Crippen LogP contribution in [0.4, 0.5) is 10.5 Å². The third-order valence-corrected chi connectivity index (χ3v) is 6.61. The van der Waals surface area contributed by atoms with Crippen LogP contribution in [0.15, 0.2) is 18.2 Å². The van der Waals surface area contributed by atoms with E-state index in [1.807, 2.05) is 32.9 Å². The number of amides is 1. The number of carbonyl (C=O) groups is 2. The minimum Gasteiger partial charge on any atom is -0.443 e. The molecule has 3 atom stereocenters. The SMILES string of the molecule is CC(C)(C)OC(=O)N1C[C@@H]2CC(=O)[C@]3(C[C@@]3(C)CCl)c3cccc1c32. The molecular formula is C20H24ClNO3. The molecule has 4 rings (SSSR count). The number of anilines is 1. The van der Waals surface area contributed by atoms with Crippen LogP contribution in [-0.4, -0.2) is 29.9 Å². The molecule has 0 saturated heterocycles. The number of benzene rings is 1. The van der Waals surface area contributed by atoms with Crippen molar-refractivity contribution in [3.05, 3.63) is 29.3 Å². The Morgan fingerprint density at radius 1 is 1.40 bits per heavy atom. The van der Waals surface area contributed by atoms with E-state index in [0.29, 0.717) is 18.8 Å². The van der Waals surface area contributed by atoms with E-state index in [4.69, 9.17) is 16.3 Å². The third kappa shape index (κ3) is 2.19. The zero-order valence-corrected chi connectivity index (χ0v) is 15.9. The number of halogens is 1. The molecule has 0 radical (unpaired) electrons. The second-order valence-electron chi connectivity index (χ2n) is 8.93. The van der Waals surface area contributed by atoms with E-state index in [-0.39, 0.29) is 23.2 Å². The molecule has 1 aliphatic heterocycles. The summed E-state index contributed by atoms with van der Waals surface area (Å²) in [4.78, 5) is 27.4. The molecular weight excluding hydrogens is 338 g/mol. The first-order valence-corrected chi connectivity index (χ1v) is 9.40. The summed E-state index contributed by atoms with van der Waals surface area (Å²) in [6, 6.07) is 5.97. The van der Waals surface area contributed by atoms with Crippen molar-refractivity contribution in [2.45, 2.75) is 57.5 Å². The van der Waals surface area contributed by atoms with E-state index >= 15 is 0 Å². The molecule has 1 amide bonds. The zero-order chi connectivity index (χ0) is 18.2. The highest BCUT2D eigenvalue weighted by atomic mass is 35.5. The van der Waals surface area contributed by atoms with Crippen molar-refractivity contribution in [2.75, 3.05) is 17.3 Å². The topological polar surface area (TPSA) is 46.6 Å². The van der Waals surface area contributed by atoms with Crippen molar-refractivity contribution in [2.24, 2.45) is 5.41 Å². The van der Waals surface area contributed by atoms with Gasteiger partial charge >= 0.3 is 6.09 Å². The molecule has 1 saturated carbocycles. The molecule has 0 bridgehead atoms. The summed E-state index contributed by atoms with van der Waals surface area (Å²) in [7, 11) is 0. The second-order valence-corrected chi connectivity index (χ2v) is 9.20. The predicted molar refractivity (Wildman–Crippen MR) is 97.5 cm³/mol. The van der Waals surface area contributed by atoms with Crippen LogP contribution in [0.5, 0.6) is 0 Å². The fraction of sp³-hybridized carbons (Fsp3) is 0.600. The van der Waals surface area contributed by atoms with Crippen LogP contribution in [0.2, 0.25) is 0 Å². The number of fused-ring (bicyclic) bond motifs is 1. The number of hydrogen-bond acceptors (Lipinski definition) is 3. The van der Waals surface area contributed by atoms with Crippen molar-refractivity contribution in [3.8, 4) is 0 Å². The van der Waals surface area contributed by atoms with Crippen LogP contribution >= 0.6 is 11.6 Å². The number of hydrogen-bond donors (Lipinski definition) is 0. The quantitative estimate of drug-likeness (QED) is 0.697. The molecule has 0 aromatic heterocycles. The van der Waals surface area contributed by atoms with Crippen LogP contribution in [0.25, 0.3) is 0 Å². The second kappa shape index (κ2) is 5.00. The highest BCUT2D eigenvalue weighted by Crippen LogP contribution is 2.70. The van der Waals surface area contributed by atoms with E-state index < -0.39 is 11.0 Å². The number of rotatable bonds is 1. The van der Waals surface area contributed by atoms with E-state index in [1.165, 1.54) is 0 Å². The van der Waals surface area contributed by atoms with Gasteiger partial charge in [-0.05, 0) is 49.8 Å². The summed E-state index contributed by atoms with van der Waals surface area (Å²) in [6.07, 6.45) is 0.945. The Morgan fingerprint density at radius 2 is 2.12 bits per heavy atom. The first-order chi connectivity index (χ1) is 11.6. The van der Waals surface area contributed by atoms with Crippen molar-refractivity contribution in [1.82, 2.24) is 0 Å². The Bertz CT molecular complexity index is 784. The number of alkyl halides is 1. The van der Waals surface area contributed by atoms with Gasteiger partial charge < -0.3 is 4.74 Å². The molecule has 1 aromatic carbocycles. The first kappa shape index (κ1) is 16.9. The van der Waals surface area contributed by atoms with Gasteiger partial charge in [0, 0.05) is 24.8 Å². The lowest BCUT2D eigenvalue weighted by Gasteiger charge is -2.30. The summed E-state index contributed by atoms with van der Waals surface area (Å²) in [6.45, 7) is 8.20. The summed E-state index contributed by atoms with van der Waals surface area (Å²) in [5.74, 6) is 0.816. The van der Waals surface area contributed by atoms with Gasteiger partial charge in [-0.2, -0.15) is 0 Å². The van der Waals surface area contributed by atoms with Crippen LogP contribution in [0.3, 0.4) is 0 Å². The van der Waals surface area contributed by atoms with Gasteiger partial charge in [0.15, 0.2) is 0 Å². The molecule has 25 heavy (non-hydrogen) atoms. The van der Waals surface area contributed by atoms with Crippen molar-refractivity contribution < 1.29 is 14.3 Å². The van der Waals surface area contributed by atoms with Gasteiger partial charge in [0.2, 0.25) is 0 Å². The monoisotopic (exact) mass is 361 g/mol. The maximum absolute atomic E-state index is 13.0. The molecule has 1 spiro atoms. The molecule has 2 aliphatic carbocycles. The van der Waals surface area contributed by atoms with Crippen LogP contribution in [0.1, 0.15) is 57.6 Å². The Labute approximate surface area is 153 Å². The number of carbonyl (C=O) groups excluding carboxylic acids is 2. The van der Waals surface area contributed by atoms with Crippen molar-refractivity contribution in [3.63, 3.8) is 0 Å². The summed E-state index contributed by atoms with van der Waals surface area (Å²) in [5, 5.41) is 0. The molecule has 1 aromatic rings. The van der Waals surface area contributed by atoms with E-state index in [1.54, 1.807) is 4.90 Å². The molecule has 134 valence electrons. The van der Waals surface area contributed by atoms with E-state index in [2.05, 4.69) is 13.0 Å². The third-order valence-electron chi connectivity index (χ3n) is 6.02. The molecule has 1 fully saturated rings. The van der Waals surface area contributed by atoms with Gasteiger partial charge in [-0.15, -0.1) is 11.6 Å². The fourth-order valence-electron chi connectivity index (χ4n) is 4.76. The Balaban J connectivity index is 1.78. The molecule has 0 unspecified atom stereocenters.